The van der Waals surface area contributed by atoms with Crippen molar-refractivity contribution in [3.63, 3.8) is 0 Å². The van der Waals surface area contributed by atoms with E-state index in [-0.39, 0.29) is 5.91 Å². The molecule has 0 radical (unpaired) electrons. The fourth-order valence-electron chi connectivity index (χ4n) is 2.76. The summed E-state index contributed by atoms with van der Waals surface area (Å²) in [4.78, 5) is 22.4. The molecule has 7 heteroatoms. The van der Waals surface area contributed by atoms with E-state index >= 15 is 0 Å². The molecule has 0 bridgehead atoms. The molecule has 0 saturated carbocycles. The number of carbonyl (C=O) groups excluding carboxylic acids is 1. The second-order valence-electron chi connectivity index (χ2n) is 5.76. The number of amides is 1. The van der Waals surface area contributed by atoms with E-state index in [2.05, 4.69) is 39.8 Å². The van der Waals surface area contributed by atoms with Crippen molar-refractivity contribution < 1.29 is 4.79 Å². The number of aryl methyl sites for hydroxylation is 1. The zero-order valence-corrected chi connectivity index (χ0v) is 14.9. The number of anilines is 1. The first-order chi connectivity index (χ1) is 11.6. The van der Waals surface area contributed by atoms with Crippen molar-refractivity contribution in [2.24, 2.45) is 0 Å². The maximum absolute atomic E-state index is 11.1. The van der Waals surface area contributed by atoms with Crippen LogP contribution in [0.1, 0.15) is 25.4 Å². The minimum absolute atomic E-state index is 0.0964. The molecule has 3 rings (SSSR count). The number of hydrogen-bond acceptors (Lipinski definition) is 5. The number of nitrogens with one attached hydrogen (secondary N) is 1. The van der Waals surface area contributed by atoms with Crippen molar-refractivity contribution >= 4 is 33.4 Å². The van der Waals surface area contributed by atoms with Crippen molar-refractivity contribution in [2.45, 2.75) is 33.5 Å². The third kappa shape index (κ3) is 3.63. The van der Waals surface area contributed by atoms with Crippen molar-refractivity contribution in [3.05, 3.63) is 41.2 Å². The van der Waals surface area contributed by atoms with Crippen molar-refractivity contribution in [1.29, 1.82) is 0 Å². The molecule has 0 aliphatic carbocycles. The summed E-state index contributed by atoms with van der Waals surface area (Å²) in [6, 6.07) is 8.21. The van der Waals surface area contributed by atoms with E-state index in [9.17, 15) is 4.79 Å². The Kier molecular flexibility index (Phi) is 4.92. The number of benzene rings is 1. The Morgan fingerprint density at radius 3 is 2.83 bits per heavy atom. The third-order valence-electron chi connectivity index (χ3n) is 3.73. The van der Waals surface area contributed by atoms with E-state index in [0.29, 0.717) is 11.7 Å². The van der Waals surface area contributed by atoms with Crippen molar-refractivity contribution in [3.8, 4) is 0 Å². The van der Waals surface area contributed by atoms with Gasteiger partial charge in [0.2, 0.25) is 5.91 Å². The molecule has 1 N–H and O–H groups in total. The first kappa shape index (κ1) is 16.6. The second-order valence-corrected chi connectivity index (χ2v) is 6.62. The first-order valence-electron chi connectivity index (χ1n) is 7.91. The predicted octanol–water partition coefficient (Wildman–Crippen LogP) is 3.10. The molecule has 2 heterocycles. The Hall–Kier alpha value is -2.25. The number of thiazole rings is 1. The Bertz CT molecular complexity index is 854. The van der Waals surface area contributed by atoms with Gasteiger partial charge in [0.25, 0.3) is 0 Å². The average molecular weight is 343 g/mol. The average Bonchev–Trinajstić information content (AvgIpc) is 3.10. The number of nitrogens with zero attached hydrogens (tertiary/aromatic N) is 4. The van der Waals surface area contributed by atoms with Crippen LogP contribution in [0.5, 0.6) is 0 Å². The van der Waals surface area contributed by atoms with Crippen LogP contribution in [0.3, 0.4) is 0 Å². The molecule has 0 fully saturated rings. The molecule has 1 aromatic carbocycles. The molecule has 3 aromatic rings. The molecule has 0 spiro atoms. The second kappa shape index (κ2) is 7.11. The van der Waals surface area contributed by atoms with E-state index < -0.39 is 0 Å². The first-order valence-corrected chi connectivity index (χ1v) is 8.79. The molecular formula is C17H21N5OS. The van der Waals surface area contributed by atoms with Gasteiger partial charge in [-0.1, -0.05) is 12.1 Å². The SMILES string of the molecule is CCn1c(CN(C)Cc2csc(NC(C)=O)n2)nc2ccccc21. The van der Waals surface area contributed by atoms with Gasteiger partial charge in [0, 0.05) is 25.4 Å². The Labute approximate surface area is 145 Å². The summed E-state index contributed by atoms with van der Waals surface area (Å²) >= 11 is 1.45. The molecular weight excluding hydrogens is 322 g/mol. The highest BCUT2D eigenvalue weighted by atomic mass is 32.1. The fourth-order valence-corrected chi connectivity index (χ4v) is 3.51. The zero-order valence-electron chi connectivity index (χ0n) is 14.1. The predicted molar refractivity (Wildman–Crippen MR) is 97.0 cm³/mol. The fraction of sp³-hybridized carbons (Fsp3) is 0.353. The van der Waals surface area contributed by atoms with Crippen LogP contribution in [0, 0.1) is 0 Å². The standard InChI is InChI=1S/C17H21N5OS/c1-4-22-15-8-6-5-7-14(15)20-16(22)10-21(3)9-13-11-24-17(19-13)18-12(2)23/h5-8,11H,4,9-10H2,1-3H3,(H,18,19,23). The van der Waals surface area contributed by atoms with Crippen LogP contribution in [0.4, 0.5) is 5.13 Å². The normalized spacial score (nSPS) is 11.3. The molecule has 0 aliphatic rings. The monoisotopic (exact) mass is 343 g/mol. The van der Waals surface area contributed by atoms with Crippen LogP contribution < -0.4 is 5.32 Å². The molecule has 6 nitrogen and oxygen atoms in total. The largest absolute Gasteiger partial charge is 0.327 e. The summed E-state index contributed by atoms with van der Waals surface area (Å²) in [7, 11) is 2.05. The van der Waals surface area contributed by atoms with E-state index in [1.54, 1.807) is 0 Å². The van der Waals surface area contributed by atoms with E-state index in [1.807, 2.05) is 23.6 Å². The van der Waals surface area contributed by atoms with Gasteiger partial charge in [0.05, 0.1) is 23.3 Å². The van der Waals surface area contributed by atoms with Gasteiger partial charge in [0.1, 0.15) is 5.82 Å². The highest BCUT2D eigenvalue weighted by Crippen LogP contribution is 2.19. The number of para-hydroxylation sites is 2. The van der Waals surface area contributed by atoms with Crippen LogP contribution in [0.15, 0.2) is 29.6 Å². The minimum Gasteiger partial charge on any atom is -0.327 e. The quantitative estimate of drug-likeness (QED) is 0.747. The number of aromatic nitrogens is 3. The molecule has 1 amide bonds. The zero-order chi connectivity index (χ0) is 17.1. The highest BCUT2D eigenvalue weighted by molar-refractivity contribution is 7.13. The Balaban J connectivity index is 1.71. The smallest absolute Gasteiger partial charge is 0.223 e. The summed E-state index contributed by atoms with van der Waals surface area (Å²) in [6.07, 6.45) is 0. The summed E-state index contributed by atoms with van der Waals surface area (Å²) in [5, 5.41) is 5.34. The lowest BCUT2D eigenvalue weighted by Gasteiger charge is -2.15. The highest BCUT2D eigenvalue weighted by Gasteiger charge is 2.12. The van der Waals surface area contributed by atoms with Crippen molar-refractivity contribution in [1.82, 2.24) is 19.4 Å². The lowest BCUT2D eigenvalue weighted by molar-refractivity contribution is -0.114. The van der Waals surface area contributed by atoms with E-state index in [1.165, 1.54) is 23.8 Å². The lowest BCUT2D eigenvalue weighted by atomic mass is 10.3. The van der Waals surface area contributed by atoms with Gasteiger partial charge in [-0.3, -0.25) is 9.69 Å². The van der Waals surface area contributed by atoms with Crippen LogP contribution >= 0.6 is 11.3 Å². The van der Waals surface area contributed by atoms with Gasteiger partial charge in [0.15, 0.2) is 5.13 Å². The number of rotatable bonds is 6. The van der Waals surface area contributed by atoms with Crippen molar-refractivity contribution in [2.75, 3.05) is 12.4 Å². The molecule has 0 saturated heterocycles. The molecule has 24 heavy (non-hydrogen) atoms. The molecule has 126 valence electrons. The van der Waals surface area contributed by atoms with Crippen LogP contribution in [-0.4, -0.2) is 32.4 Å². The van der Waals surface area contributed by atoms with Gasteiger partial charge in [-0.25, -0.2) is 9.97 Å². The van der Waals surface area contributed by atoms with Gasteiger partial charge in [-0.05, 0) is 26.1 Å². The number of carbonyl (C=O) groups is 1. The molecule has 2 aromatic heterocycles. The maximum Gasteiger partial charge on any atom is 0.223 e. The van der Waals surface area contributed by atoms with E-state index in [4.69, 9.17) is 4.98 Å². The number of hydrogen-bond donors (Lipinski definition) is 1. The summed E-state index contributed by atoms with van der Waals surface area (Å²) in [5.41, 5.74) is 3.15. The molecule has 0 atom stereocenters. The van der Waals surface area contributed by atoms with Gasteiger partial charge < -0.3 is 9.88 Å². The maximum atomic E-state index is 11.1. The number of imidazole rings is 1. The van der Waals surface area contributed by atoms with Crippen LogP contribution in [0.25, 0.3) is 11.0 Å². The topological polar surface area (TPSA) is 63.0 Å². The number of fused-ring (bicyclic) bond motifs is 1. The lowest BCUT2D eigenvalue weighted by Crippen LogP contribution is -2.20. The van der Waals surface area contributed by atoms with E-state index in [0.717, 1.165) is 30.1 Å². The van der Waals surface area contributed by atoms with Gasteiger partial charge in [-0.2, -0.15) is 0 Å². The summed E-state index contributed by atoms with van der Waals surface area (Å²) in [5.74, 6) is 0.958. The Morgan fingerprint density at radius 2 is 2.08 bits per heavy atom. The third-order valence-corrected chi connectivity index (χ3v) is 4.53. The molecule has 0 aliphatic heterocycles. The minimum atomic E-state index is -0.0964. The summed E-state index contributed by atoms with van der Waals surface area (Å²) in [6.45, 7) is 5.98. The Morgan fingerprint density at radius 1 is 1.29 bits per heavy atom. The van der Waals surface area contributed by atoms with Crippen LogP contribution in [0.2, 0.25) is 0 Å². The van der Waals surface area contributed by atoms with Gasteiger partial charge in [-0.15, -0.1) is 11.3 Å². The van der Waals surface area contributed by atoms with Gasteiger partial charge >= 0.3 is 0 Å². The van der Waals surface area contributed by atoms with Crippen LogP contribution in [-0.2, 0) is 24.4 Å². The summed E-state index contributed by atoms with van der Waals surface area (Å²) < 4.78 is 2.25. The molecule has 0 unspecified atom stereocenters.